The minimum absolute atomic E-state index is 0.137. The molecule has 0 radical (unpaired) electrons. The molecule has 0 spiro atoms. The summed E-state index contributed by atoms with van der Waals surface area (Å²) in [6.45, 7) is 1.74. The molecular formula is C15H14FNO4. The second-order valence-corrected chi connectivity index (χ2v) is 4.40. The Hall–Kier alpha value is -2.63. The van der Waals surface area contributed by atoms with E-state index in [9.17, 15) is 14.5 Å². The molecule has 0 unspecified atom stereocenters. The topological polar surface area (TPSA) is 61.6 Å². The Kier molecular flexibility index (Phi) is 4.37. The Labute approximate surface area is 121 Å². The molecule has 21 heavy (non-hydrogen) atoms. The van der Waals surface area contributed by atoms with Crippen molar-refractivity contribution in [3.63, 3.8) is 0 Å². The maximum absolute atomic E-state index is 12.9. The first-order valence-corrected chi connectivity index (χ1v) is 6.26. The highest BCUT2D eigenvalue weighted by Gasteiger charge is 2.19. The van der Waals surface area contributed by atoms with Gasteiger partial charge in [-0.2, -0.15) is 0 Å². The summed E-state index contributed by atoms with van der Waals surface area (Å²) in [6, 6.07) is 10.2. The third kappa shape index (κ3) is 3.47. The van der Waals surface area contributed by atoms with Gasteiger partial charge in [0.25, 0.3) is 0 Å². The van der Waals surface area contributed by atoms with E-state index < -0.39 is 11.0 Å². The lowest BCUT2D eigenvalue weighted by Gasteiger charge is -2.15. The first-order chi connectivity index (χ1) is 10.0. The van der Waals surface area contributed by atoms with Gasteiger partial charge in [-0.1, -0.05) is 12.1 Å². The maximum atomic E-state index is 12.9. The van der Waals surface area contributed by atoms with Gasteiger partial charge in [0.15, 0.2) is 5.75 Å². The lowest BCUT2D eigenvalue weighted by atomic mass is 10.1. The highest BCUT2D eigenvalue weighted by molar-refractivity contribution is 5.51. The number of hydrogen-bond donors (Lipinski definition) is 0. The molecule has 6 heteroatoms. The Balaban J connectivity index is 2.26. The van der Waals surface area contributed by atoms with E-state index in [0.717, 1.165) is 5.56 Å². The molecule has 110 valence electrons. The summed E-state index contributed by atoms with van der Waals surface area (Å²) in [5.74, 6) is 0.169. The average Bonchev–Trinajstić information content (AvgIpc) is 2.48. The Morgan fingerprint density at radius 1 is 1.19 bits per heavy atom. The Bertz CT molecular complexity index is 643. The van der Waals surface area contributed by atoms with Gasteiger partial charge in [0, 0.05) is 0 Å². The van der Waals surface area contributed by atoms with Gasteiger partial charge in [-0.3, -0.25) is 10.1 Å². The van der Waals surface area contributed by atoms with Crippen molar-refractivity contribution in [2.24, 2.45) is 0 Å². The zero-order chi connectivity index (χ0) is 15.4. The molecule has 0 N–H and O–H groups in total. The van der Waals surface area contributed by atoms with Crippen LogP contribution in [0.3, 0.4) is 0 Å². The number of benzene rings is 2. The van der Waals surface area contributed by atoms with Crippen LogP contribution < -0.4 is 9.47 Å². The number of nitro groups is 1. The van der Waals surface area contributed by atoms with E-state index in [-0.39, 0.29) is 17.3 Å². The summed E-state index contributed by atoms with van der Waals surface area (Å²) in [5, 5.41) is 11.1. The van der Waals surface area contributed by atoms with Crippen molar-refractivity contribution in [1.29, 1.82) is 0 Å². The first-order valence-electron chi connectivity index (χ1n) is 6.26. The molecule has 0 saturated heterocycles. The predicted octanol–water partition coefficient (Wildman–Crippen LogP) is 3.88. The number of rotatable bonds is 5. The summed E-state index contributed by atoms with van der Waals surface area (Å²) in [6.07, 6.45) is -0.447. The molecule has 0 aliphatic rings. The smallest absolute Gasteiger partial charge is 0.314 e. The molecule has 5 nitrogen and oxygen atoms in total. The van der Waals surface area contributed by atoms with E-state index in [0.29, 0.717) is 5.75 Å². The van der Waals surface area contributed by atoms with Crippen molar-refractivity contribution in [2.45, 2.75) is 13.0 Å². The van der Waals surface area contributed by atoms with Gasteiger partial charge in [-0.05, 0) is 36.8 Å². The Morgan fingerprint density at radius 2 is 1.86 bits per heavy atom. The number of nitrogens with zero attached hydrogens (tertiary/aromatic N) is 1. The fourth-order valence-electron chi connectivity index (χ4n) is 1.86. The van der Waals surface area contributed by atoms with Crippen molar-refractivity contribution in [3.8, 4) is 11.5 Å². The summed E-state index contributed by atoms with van der Waals surface area (Å²) < 4.78 is 23.5. The zero-order valence-corrected chi connectivity index (χ0v) is 11.6. The molecule has 2 aromatic rings. The van der Waals surface area contributed by atoms with Crippen LogP contribution in [0.1, 0.15) is 18.6 Å². The van der Waals surface area contributed by atoms with Gasteiger partial charge in [0.05, 0.1) is 18.1 Å². The van der Waals surface area contributed by atoms with Crippen LogP contribution >= 0.6 is 0 Å². The number of ether oxygens (including phenoxy) is 2. The van der Waals surface area contributed by atoms with E-state index >= 15 is 0 Å². The molecule has 0 bridgehead atoms. The molecule has 0 heterocycles. The molecule has 0 aliphatic heterocycles. The second-order valence-electron chi connectivity index (χ2n) is 4.40. The van der Waals surface area contributed by atoms with E-state index in [1.807, 2.05) is 0 Å². The SMILES string of the molecule is COc1ccc(O[C@@H](C)c2ccc(F)cc2)c([N+](=O)[O-])c1. The third-order valence-corrected chi connectivity index (χ3v) is 3.01. The molecule has 0 amide bonds. The van der Waals surface area contributed by atoms with Gasteiger partial charge >= 0.3 is 5.69 Å². The molecule has 0 aromatic heterocycles. The summed E-state index contributed by atoms with van der Waals surface area (Å²) in [5.41, 5.74) is 0.546. The fourth-order valence-corrected chi connectivity index (χ4v) is 1.86. The number of hydrogen-bond acceptors (Lipinski definition) is 4. The molecule has 0 saturated carbocycles. The minimum Gasteiger partial charge on any atom is -0.496 e. The van der Waals surface area contributed by atoms with Crippen LogP contribution in [-0.4, -0.2) is 12.0 Å². The maximum Gasteiger partial charge on any atom is 0.314 e. The van der Waals surface area contributed by atoms with Gasteiger partial charge in [-0.25, -0.2) is 4.39 Å². The van der Waals surface area contributed by atoms with Crippen molar-refractivity contribution in [2.75, 3.05) is 7.11 Å². The van der Waals surface area contributed by atoms with Gasteiger partial charge < -0.3 is 9.47 Å². The van der Waals surface area contributed by atoms with Crippen LogP contribution in [0.4, 0.5) is 10.1 Å². The second kappa shape index (κ2) is 6.21. The predicted molar refractivity (Wildman–Crippen MR) is 75.1 cm³/mol. The summed E-state index contributed by atoms with van der Waals surface area (Å²) in [4.78, 5) is 10.5. The molecule has 0 fully saturated rings. The van der Waals surface area contributed by atoms with Crippen LogP contribution in [0.15, 0.2) is 42.5 Å². The van der Waals surface area contributed by atoms with Crippen molar-refractivity contribution in [1.82, 2.24) is 0 Å². The lowest BCUT2D eigenvalue weighted by molar-refractivity contribution is -0.386. The summed E-state index contributed by atoms with van der Waals surface area (Å²) >= 11 is 0. The van der Waals surface area contributed by atoms with Crippen molar-refractivity contribution >= 4 is 5.69 Å². The van der Waals surface area contributed by atoms with Crippen LogP contribution in [0.5, 0.6) is 11.5 Å². The highest BCUT2D eigenvalue weighted by Crippen LogP contribution is 2.34. The fraction of sp³-hybridized carbons (Fsp3) is 0.200. The van der Waals surface area contributed by atoms with E-state index in [1.54, 1.807) is 25.1 Å². The normalized spacial score (nSPS) is 11.8. The molecule has 2 aromatic carbocycles. The number of methoxy groups -OCH3 is 1. The summed E-state index contributed by atoms with van der Waals surface area (Å²) in [7, 11) is 1.43. The van der Waals surface area contributed by atoms with Gasteiger partial charge in [0.2, 0.25) is 0 Å². The minimum atomic E-state index is -0.533. The zero-order valence-electron chi connectivity index (χ0n) is 11.6. The van der Waals surface area contributed by atoms with Crippen LogP contribution in [-0.2, 0) is 0 Å². The molecular weight excluding hydrogens is 277 g/mol. The number of nitro benzene ring substituents is 1. The van der Waals surface area contributed by atoms with Crippen molar-refractivity contribution < 1.29 is 18.8 Å². The largest absolute Gasteiger partial charge is 0.496 e. The van der Waals surface area contributed by atoms with Crippen molar-refractivity contribution in [3.05, 3.63) is 64.0 Å². The highest BCUT2D eigenvalue weighted by atomic mass is 19.1. The molecule has 2 rings (SSSR count). The van der Waals surface area contributed by atoms with Crippen LogP contribution in [0.25, 0.3) is 0 Å². The van der Waals surface area contributed by atoms with Crippen LogP contribution in [0, 0.1) is 15.9 Å². The Morgan fingerprint density at radius 3 is 2.43 bits per heavy atom. The first kappa shape index (κ1) is 14.8. The number of halogens is 1. The average molecular weight is 291 g/mol. The molecule has 0 aliphatic carbocycles. The monoisotopic (exact) mass is 291 g/mol. The van der Waals surface area contributed by atoms with E-state index in [4.69, 9.17) is 9.47 Å². The van der Waals surface area contributed by atoms with Gasteiger partial charge in [-0.15, -0.1) is 0 Å². The standard InChI is InChI=1S/C15H14FNO4/c1-10(11-3-5-12(16)6-4-11)21-15-8-7-13(20-2)9-14(15)17(18)19/h3-10H,1-2H3/t10-/m0/s1. The van der Waals surface area contributed by atoms with Crippen LogP contribution in [0.2, 0.25) is 0 Å². The quantitative estimate of drug-likeness (QED) is 0.619. The van der Waals surface area contributed by atoms with Gasteiger partial charge in [0.1, 0.15) is 17.7 Å². The molecule has 1 atom stereocenters. The van der Waals surface area contributed by atoms with E-state index in [2.05, 4.69) is 0 Å². The third-order valence-electron chi connectivity index (χ3n) is 3.01. The lowest BCUT2D eigenvalue weighted by Crippen LogP contribution is -2.05. The van der Waals surface area contributed by atoms with E-state index in [1.165, 1.54) is 31.4 Å².